The van der Waals surface area contributed by atoms with Gasteiger partial charge in [0, 0.05) is 0 Å². The van der Waals surface area contributed by atoms with Gasteiger partial charge in [0.2, 0.25) is 10.0 Å². The van der Waals surface area contributed by atoms with E-state index in [0.717, 1.165) is 0 Å². The molecule has 4 nitrogen and oxygen atoms in total. The van der Waals surface area contributed by atoms with Crippen molar-refractivity contribution in [3.8, 4) is 0 Å². The Balaban J connectivity index is 4.62. The maximum absolute atomic E-state index is 11.5. The number of rotatable bonds is 2. The van der Waals surface area contributed by atoms with Crippen molar-refractivity contribution in [1.82, 2.24) is 4.72 Å². The van der Waals surface area contributed by atoms with Crippen molar-refractivity contribution < 1.29 is 39.6 Å². The number of alkyl halides is 6. The standard InChI is InChI=1S/C4H3F6NO3S/c5-3(6,7)1-15(13,14)11-2(12)4(8,9)10/h1H2,(H,11,12). The number of sulfonamides is 1. The molecule has 0 atom stereocenters. The van der Waals surface area contributed by atoms with Gasteiger partial charge in [-0.2, -0.15) is 26.3 Å². The van der Waals surface area contributed by atoms with Gasteiger partial charge >= 0.3 is 18.3 Å². The van der Waals surface area contributed by atoms with Gasteiger partial charge in [0.15, 0.2) is 5.75 Å². The molecule has 90 valence electrons. The number of halogens is 6. The molecule has 0 radical (unpaired) electrons. The largest absolute Gasteiger partial charge is 0.472 e. The highest BCUT2D eigenvalue weighted by Crippen LogP contribution is 2.18. The zero-order valence-electron chi connectivity index (χ0n) is 6.61. The van der Waals surface area contributed by atoms with E-state index in [9.17, 15) is 39.6 Å². The van der Waals surface area contributed by atoms with Crippen LogP contribution < -0.4 is 4.72 Å². The molecule has 15 heavy (non-hydrogen) atoms. The summed E-state index contributed by atoms with van der Waals surface area (Å²) < 4.78 is 89.8. The van der Waals surface area contributed by atoms with Gasteiger partial charge in [-0.25, -0.2) is 13.1 Å². The first-order valence-corrected chi connectivity index (χ1v) is 4.67. The van der Waals surface area contributed by atoms with Crippen LogP contribution in [0.1, 0.15) is 0 Å². The SMILES string of the molecule is O=C(NS(=O)(=O)CC(F)(F)F)C(F)(F)F. The van der Waals surface area contributed by atoms with Crippen LogP contribution in [0.2, 0.25) is 0 Å². The quantitative estimate of drug-likeness (QED) is 0.737. The minimum atomic E-state index is -5.56. The summed E-state index contributed by atoms with van der Waals surface area (Å²) in [4.78, 5) is 9.98. The summed E-state index contributed by atoms with van der Waals surface area (Å²) in [5, 5.41) is 0. The minimum absolute atomic E-state index is 0.241. The Kier molecular flexibility index (Phi) is 3.61. The average Bonchev–Trinajstić information content (AvgIpc) is 1.76. The molecular weight excluding hydrogens is 256 g/mol. The molecule has 0 fully saturated rings. The Hall–Kier alpha value is -1.00. The molecule has 0 aliphatic heterocycles. The van der Waals surface area contributed by atoms with E-state index in [1.54, 1.807) is 0 Å². The minimum Gasteiger partial charge on any atom is -0.263 e. The van der Waals surface area contributed by atoms with E-state index in [1.807, 2.05) is 0 Å². The Morgan fingerprint density at radius 2 is 1.47 bits per heavy atom. The molecule has 0 bridgehead atoms. The van der Waals surface area contributed by atoms with Crippen LogP contribution in [0.4, 0.5) is 26.3 Å². The Labute approximate surface area is 79.3 Å². The summed E-state index contributed by atoms with van der Waals surface area (Å²) >= 11 is 0. The number of nitrogens with one attached hydrogen (secondary N) is 1. The first kappa shape index (κ1) is 14.0. The van der Waals surface area contributed by atoms with Crippen LogP contribution in [0.3, 0.4) is 0 Å². The molecule has 11 heteroatoms. The lowest BCUT2D eigenvalue weighted by Crippen LogP contribution is -2.43. The predicted octanol–water partition coefficient (Wildman–Crippen LogP) is 0.557. The van der Waals surface area contributed by atoms with Crippen LogP contribution in [0.5, 0.6) is 0 Å². The van der Waals surface area contributed by atoms with Crippen molar-refractivity contribution in [1.29, 1.82) is 0 Å². The Bertz CT molecular complexity index is 340. The number of hydrogen-bond donors (Lipinski definition) is 1. The predicted molar refractivity (Wildman–Crippen MR) is 34.0 cm³/mol. The highest BCUT2D eigenvalue weighted by atomic mass is 32.2. The van der Waals surface area contributed by atoms with Crippen molar-refractivity contribution in [2.24, 2.45) is 0 Å². The Morgan fingerprint density at radius 1 is 1.07 bits per heavy atom. The van der Waals surface area contributed by atoms with Crippen LogP contribution in [0.25, 0.3) is 0 Å². The fourth-order valence-corrected chi connectivity index (χ4v) is 1.35. The molecule has 0 aromatic rings. The molecule has 0 aromatic carbocycles. The van der Waals surface area contributed by atoms with Gasteiger partial charge in [-0.05, 0) is 0 Å². The maximum Gasteiger partial charge on any atom is 0.472 e. The number of hydrogen-bond acceptors (Lipinski definition) is 3. The van der Waals surface area contributed by atoms with Crippen LogP contribution >= 0.6 is 0 Å². The molecule has 0 aromatic heterocycles. The monoisotopic (exact) mass is 259 g/mol. The smallest absolute Gasteiger partial charge is 0.263 e. The summed E-state index contributed by atoms with van der Waals surface area (Å²) in [6.07, 6.45) is -10.8. The molecule has 0 saturated carbocycles. The first-order chi connectivity index (χ1) is 6.33. The van der Waals surface area contributed by atoms with Crippen molar-refractivity contribution in [3.05, 3.63) is 0 Å². The van der Waals surface area contributed by atoms with Crippen molar-refractivity contribution >= 4 is 15.9 Å². The van der Waals surface area contributed by atoms with Gasteiger partial charge in [0.05, 0.1) is 0 Å². The molecule has 1 N–H and O–H groups in total. The molecule has 0 heterocycles. The molecule has 1 amide bonds. The summed E-state index contributed by atoms with van der Waals surface area (Å²) in [6, 6.07) is 0. The normalized spacial score (nSPS) is 13.7. The highest BCUT2D eigenvalue weighted by molar-refractivity contribution is 7.90. The van der Waals surface area contributed by atoms with Crippen molar-refractivity contribution in [2.75, 3.05) is 5.75 Å². The zero-order valence-corrected chi connectivity index (χ0v) is 7.42. The number of amides is 1. The fourth-order valence-electron chi connectivity index (χ4n) is 0.451. The average molecular weight is 259 g/mol. The van der Waals surface area contributed by atoms with E-state index in [-0.39, 0.29) is 4.72 Å². The van der Waals surface area contributed by atoms with Crippen LogP contribution in [-0.4, -0.2) is 32.4 Å². The third-order valence-electron chi connectivity index (χ3n) is 0.859. The number of carbonyl (C=O) groups is 1. The molecule has 0 aliphatic carbocycles. The van der Waals surface area contributed by atoms with Gasteiger partial charge in [-0.3, -0.25) is 4.79 Å². The first-order valence-electron chi connectivity index (χ1n) is 3.02. The lowest BCUT2D eigenvalue weighted by molar-refractivity contribution is -0.171. The molecule has 0 spiro atoms. The topological polar surface area (TPSA) is 63.2 Å². The van der Waals surface area contributed by atoms with Crippen LogP contribution in [0.15, 0.2) is 0 Å². The summed E-state index contributed by atoms with van der Waals surface area (Å²) in [6.45, 7) is 0. The van der Waals surface area contributed by atoms with E-state index in [1.165, 1.54) is 0 Å². The van der Waals surface area contributed by atoms with Crippen molar-refractivity contribution in [3.63, 3.8) is 0 Å². The summed E-state index contributed by atoms with van der Waals surface area (Å²) in [5.74, 6) is -5.52. The maximum atomic E-state index is 11.5. The third-order valence-corrected chi connectivity index (χ3v) is 2.06. The summed E-state index contributed by atoms with van der Waals surface area (Å²) in [5.41, 5.74) is 0. The van der Waals surface area contributed by atoms with E-state index in [4.69, 9.17) is 0 Å². The van der Waals surface area contributed by atoms with Crippen molar-refractivity contribution in [2.45, 2.75) is 12.4 Å². The second-order valence-corrected chi connectivity index (χ2v) is 4.03. The van der Waals surface area contributed by atoms with Gasteiger partial charge in [0.1, 0.15) is 0 Å². The van der Waals surface area contributed by atoms with Crippen LogP contribution in [0, 0.1) is 0 Å². The molecule has 0 rings (SSSR count). The second kappa shape index (κ2) is 3.87. The fraction of sp³-hybridized carbons (Fsp3) is 0.750. The van der Waals surface area contributed by atoms with Gasteiger partial charge < -0.3 is 0 Å². The second-order valence-electron chi connectivity index (χ2n) is 2.30. The van der Waals surface area contributed by atoms with E-state index in [0.29, 0.717) is 0 Å². The zero-order chi connectivity index (χ0) is 12.5. The van der Waals surface area contributed by atoms with E-state index in [2.05, 4.69) is 0 Å². The number of carbonyl (C=O) groups excluding carboxylic acids is 1. The van der Waals surface area contributed by atoms with Gasteiger partial charge in [-0.15, -0.1) is 0 Å². The lowest BCUT2D eigenvalue weighted by Gasteiger charge is -2.10. The van der Waals surface area contributed by atoms with Gasteiger partial charge in [0.25, 0.3) is 0 Å². The summed E-state index contributed by atoms with van der Waals surface area (Å²) in [7, 11) is -5.37. The molecular formula is C4H3F6NO3S. The Morgan fingerprint density at radius 3 is 1.73 bits per heavy atom. The lowest BCUT2D eigenvalue weighted by atomic mass is 10.6. The molecule has 0 saturated heterocycles. The van der Waals surface area contributed by atoms with E-state index < -0.39 is 34.0 Å². The highest BCUT2D eigenvalue weighted by Gasteiger charge is 2.43. The van der Waals surface area contributed by atoms with E-state index >= 15 is 0 Å². The van der Waals surface area contributed by atoms with Gasteiger partial charge in [-0.1, -0.05) is 0 Å². The molecule has 0 unspecified atom stereocenters. The van der Waals surface area contributed by atoms with Crippen LogP contribution in [-0.2, 0) is 14.8 Å². The third kappa shape index (κ3) is 6.14. The molecule has 0 aliphatic rings.